The molecule has 0 spiro atoms. The molecule has 5 rings (SSSR count). The number of nitrogens with one attached hydrogen (secondary N) is 2. The first-order valence-corrected chi connectivity index (χ1v) is 16.0. The molecule has 1 aliphatic heterocycles. The number of ether oxygens (including phenoxy) is 2. The van der Waals surface area contributed by atoms with Crippen molar-refractivity contribution >= 4 is 40.6 Å². The maximum Gasteiger partial charge on any atom is 0.254 e. The van der Waals surface area contributed by atoms with Crippen LogP contribution >= 0.6 is 34.7 Å². The van der Waals surface area contributed by atoms with Crippen LogP contribution in [0.15, 0.2) is 34.0 Å². The Bertz CT molecular complexity index is 1490. The predicted molar refractivity (Wildman–Crippen MR) is 163 cm³/mol. The standard InChI is InChI=1S/C30H36ClN3O4S2/c1-16-13-24(39-6)22(29(36)33-16)15-32-28(35)20-14-21(23-11-12-25(31)40-23)27-26(17(20)2)37-30(3,38-27)18-7-9-19(10-8-18)34(4)5/h11-14,18-19H,7-10,15H2,1-6H3,(H,32,35)(H,33,36). The van der Waals surface area contributed by atoms with Crippen LogP contribution in [0.2, 0.25) is 4.34 Å². The number of rotatable bonds is 7. The maximum atomic E-state index is 13.6. The average molecular weight is 602 g/mol. The van der Waals surface area contributed by atoms with Crippen LogP contribution in [0.1, 0.15) is 59.8 Å². The minimum Gasteiger partial charge on any atom is -0.448 e. The highest BCUT2D eigenvalue weighted by molar-refractivity contribution is 7.98. The lowest BCUT2D eigenvalue weighted by molar-refractivity contribution is -0.123. The zero-order valence-electron chi connectivity index (χ0n) is 23.8. The topological polar surface area (TPSA) is 83.7 Å². The number of benzene rings is 1. The molecule has 2 aliphatic rings. The number of aromatic amines is 1. The van der Waals surface area contributed by atoms with E-state index >= 15 is 0 Å². The van der Waals surface area contributed by atoms with Gasteiger partial charge in [0.1, 0.15) is 0 Å². The Hall–Kier alpha value is -2.46. The fraction of sp³-hybridized carbons (Fsp3) is 0.467. The first-order valence-electron chi connectivity index (χ1n) is 13.5. The van der Waals surface area contributed by atoms with E-state index in [0.29, 0.717) is 38.6 Å². The van der Waals surface area contributed by atoms with Gasteiger partial charge in [-0.2, -0.15) is 0 Å². The summed E-state index contributed by atoms with van der Waals surface area (Å²) in [5.41, 5.74) is 3.11. The summed E-state index contributed by atoms with van der Waals surface area (Å²) in [6.45, 7) is 5.87. The van der Waals surface area contributed by atoms with Gasteiger partial charge >= 0.3 is 0 Å². The number of hydrogen-bond donors (Lipinski definition) is 2. The van der Waals surface area contributed by atoms with Crippen molar-refractivity contribution in [1.29, 1.82) is 0 Å². The van der Waals surface area contributed by atoms with Crippen molar-refractivity contribution in [2.24, 2.45) is 5.92 Å². The Kier molecular flexibility index (Phi) is 8.30. The van der Waals surface area contributed by atoms with E-state index in [2.05, 4.69) is 29.3 Å². The summed E-state index contributed by atoms with van der Waals surface area (Å²) >= 11 is 9.23. The molecule has 10 heteroatoms. The van der Waals surface area contributed by atoms with Gasteiger partial charge in [-0.15, -0.1) is 23.1 Å². The summed E-state index contributed by atoms with van der Waals surface area (Å²) in [6.07, 6.45) is 6.11. The number of carbonyl (C=O) groups excluding carboxylic acids is 1. The SMILES string of the molecule is CSc1cc(C)[nH]c(=O)c1CNC(=O)c1cc(-c2ccc(Cl)s2)c2c(c1C)OC(C)(C1CCC(N(C)C)CC1)O2. The number of thiophene rings is 1. The Morgan fingerprint density at radius 3 is 2.50 bits per heavy atom. The molecule has 40 heavy (non-hydrogen) atoms. The van der Waals surface area contributed by atoms with Gasteiger partial charge in [0.25, 0.3) is 17.3 Å². The van der Waals surface area contributed by atoms with Crippen molar-refractivity contribution in [3.8, 4) is 21.9 Å². The molecule has 0 radical (unpaired) electrons. The number of amides is 1. The summed E-state index contributed by atoms with van der Waals surface area (Å²) < 4.78 is 14.0. The van der Waals surface area contributed by atoms with Gasteiger partial charge in [-0.25, -0.2) is 0 Å². The molecule has 1 atom stereocenters. The van der Waals surface area contributed by atoms with Gasteiger partial charge in [0.15, 0.2) is 11.5 Å². The molecule has 0 bridgehead atoms. The molecule has 3 aromatic rings. The van der Waals surface area contributed by atoms with E-state index in [1.807, 2.05) is 51.3 Å². The highest BCUT2D eigenvalue weighted by Gasteiger charge is 2.47. The smallest absolute Gasteiger partial charge is 0.254 e. The Morgan fingerprint density at radius 1 is 1.18 bits per heavy atom. The number of aromatic nitrogens is 1. The molecule has 214 valence electrons. The second-order valence-corrected chi connectivity index (χ2v) is 13.6. The van der Waals surface area contributed by atoms with E-state index in [1.165, 1.54) is 23.1 Å². The highest BCUT2D eigenvalue weighted by Crippen LogP contribution is 2.53. The normalized spacial score (nSPS) is 22.1. The van der Waals surface area contributed by atoms with Crippen molar-refractivity contribution in [2.75, 3.05) is 20.4 Å². The van der Waals surface area contributed by atoms with Crippen LogP contribution in [0.5, 0.6) is 11.5 Å². The number of hydrogen-bond acceptors (Lipinski definition) is 7. The molecule has 1 aliphatic carbocycles. The van der Waals surface area contributed by atoms with E-state index in [4.69, 9.17) is 21.1 Å². The molecule has 0 saturated heterocycles. The Morgan fingerprint density at radius 2 is 1.88 bits per heavy atom. The van der Waals surface area contributed by atoms with Gasteiger partial charge in [0.2, 0.25) is 0 Å². The predicted octanol–water partition coefficient (Wildman–Crippen LogP) is 6.63. The fourth-order valence-electron chi connectivity index (χ4n) is 5.84. The number of thioether (sulfide) groups is 1. The van der Waals surface area contributed by atoms with Crippen LogP contribution in [-0.2, 0) is 6.54 Å². The lowest BCUT2D eigenvalue weighted by Gasteiger charge is -2.39. The first kappa shape index (κ1) is 29.0. The summed E-state index contributed by atoms with van der Waals surface area (Å²) in [7, 11) is 4.27. The summed E-state index contributed by atoms with van der Waals surface area (Å²) in [5, 5.41) is 2.97. The largest absolute Gasteiger partial charge is 0.448 e. The van der Waals surface area contributed by atoms with Crippen LogP contribution in [-0.4, -0.2) is 48.0 Å². The third kappa shape index (κ3) is 5.53. The van der Waals surface area contributed by atoms with Gasteiger partial charge in [0, 0.05) is 63.1 Å². The first-order chi connectivity index (χ1) is 19.0. The van der Waals surface area contributed by atoms with E-state index in [0.717, 1.165) is 46.7 Å². The quantitative estimate of drug-likeness (QED) is 0.296. The summed E-state index contributed by atoms with van der Waals surface area (Å²) in [4.78, 5) is 33.1. The van der Waals surface area contributed by atoms with Crippen LogP contribution < -0.4 is 20.3 Å². The minimum absolute atomic E-state index is 0.117. The van der Waals surface area contributed by atoms with E-state index in [9.17, 15) is 9.59 Å². The molecule has 1 amide bonds. The molecule has 1 aromatic carbocycles. The van der Waals surface area contributed by atoms with E-state index in [-0.39, 0.29) is 23.9 Å². The lowest BCUT2D eigenvalue weighted by atomic mass is 9.81. The van der Waals surface area contributed by atoms with Crippen LogP contribution in [0, 0.1) is 19.8 Å². The van der Waals surface area contributed by atoms with Gasteiger partial charge in [-0.1, -0.05) is 11.6 Å². The molecular weight excluding hydrogens is 566 g/mol. The number of aryl methyl sites for hydroxylation is 1. The molecule has 2 aromatic heterocycles. The zero-order chi connectivity index (χ0) is 28.8. The van der Waals surface area contributed by atoms with Crippen molar-refractivity contribution in [3.63, 3.8) is 0 Å². The van der Waals surface area contributed by atoms with Crippen molar-refractivity contribution < 1.29 is 14.3 Å². The van der Waals surface area contributed by atoms with Crippen molar-refractivity contribution in [2.45, 2.75) is 69.7 Å². The number of carbonyl (C=O) groups is 1. The summed E-state index contributed by atoms with van der Waals surface area (Å²) in [5.74, 6) is 0.384. The van der Waals surface area contributed by atoms with Crippen LogP contribution in [0.3, 0.4) is 0 Å². The molecule has 7 nitrogen and oxygen atoms in total. The molecule has 1 fully saturated rings. The van der Waals surface area contributed by atoms with Gasteiger partial charge in [-0.05, 0) is 84.1 Å². The second kappa shape index (κ2) is 11.4. The minimum atomic E-state index is -0.822. The van der Waals surface area contributed by atoms with Crippen molar-refractivity contribution in [1.82, 2.24) is 15.2 Å². The lowest BCUT2D eigenvalue weighted by Crippen LogP contribution is -2.46. The number of nitrogens with zero attached hydrogens (tertiary/aromatic N) is 1. The number of H-pyrrole nitrogens is 1. The monoisotopic (exact) mass is 601 g/mol. The maximum absolute atomic E-state index is 13.6. The highest BCUT2D eigenvalue weighted by atomic mass is 35.5. The molecular formula is C30H36ClN3O4S2. The second-order valence-electron chi connectivity index (χ2n) is 11.1. The van der Waals surface area contributed by atoms with Gasteiger partial charge in [0.05, 0.1) is 4.34 Å². The average Bonchev–Trinajstić information content (AvgIpc) is 3.52. The Balaban J connectivity index is 1.47. The molecule has 1 unspecified atom stereocenters. The third-order valence-corrected chi connectivity index (χ3v) is 10.3. The van der Waals surface area contributed by atoms with Gasteiger partial charge in [-0.3, -0.25) is 9.59 Å². The van der Waals surface area contributed by atoms with Crippen LogP contribution in [0.25, 0.3) is 10.4 Å². The number of fused-ring (bicyclic) bond motifs is 1. The fourth-order valence-corrected chi connectivity index (χ4v) is 7.61. The summed E-state index contributed by atoms with van der Waals surface area (Å²) in [6, 6.07) is 8.14. The van der Waals surface area contributed by atoms with Crippen LogP contribution in [0.4, 0.5) is 0 Å². The zero-order valence-corrected chi connectivity index (χ0v) is 26.2. The van der Waals surface area contributed by atoms with Crippen molar-refractivity contribution in [3.05, 3.63) is 61.3 Å². The molecule has 2 N–H and O–H groups in total. The number of halogens is 1. The molecule has 1 saturated carbocycles. The van der Waals surface area contributed by atoms with E-state index < -0.39 is 5.79 Å². The Labute approximate surface area is 248 Å². The molecule has 3 heterocycles. The van der Waals surface area contributed by atoms with Gasteiger partial charge < -0.3 is 24.7 Å². The number of pyridine rings is 1. The van der Waals surface area contributed by atoms with E-state index in [1.54, 1.807) is 0 Å². The third-order valence-electron chi connectivity index (χ3n) is 8.22.